The van der Waals surface area contributed by atoms with Gasteiger partial charge in [-0.15, -0.1) is 0 Å². The molecule has 0 amide bonds. The highest BCUT2D eigenvalue weighted by atomic mass is 35.5. The van der Waals surface area contributed by atoms with Gasteiger partial charge < -0.3 is 10.5 Å². The van der Waals surface area contributed by atoms with E-state index in [-0.39, 0.29) is 10.4 Å². The number of rotatable bonds is 3. The van der Waals surface area contributed by atoms with Gasteiger partial charge in [-0.3, -0.25) is 0 Å². The molecule has 0 bridgehead atoms. The van der Waals surface area contributed by atoms with Crippen molar-refractivity contribution in [2.24, 2.45) is 5.73 Å². The predicted molar refractivity (Wildman–Crippen MR) is 92.6 cm³/mol. The summed E-state index contributed by atoms with van der Waals surface area (Å²) in [5, 5.41) is 0.493. The van der Waals surface area contributed by atoms with E-state index in [9.17, 15) is 0 Å². The van der Waals surface area contributed by atoms with Crippen molar-refractivity contribution in [3.8, 4) is 11.5 Å². The van der Waals surface area contributed by atoms with Crippen molar-refractivity contribution >= 4 is 28.8 Å². The van der Waals surface area contributed by atoms with Gasteiger partial charge in [0.05, 0.1) is 10.6 Å². The zero-order valence-electron chi connectivity index (χ0n) is 12.3. The maximum absolute atomic E-state index is 6.15. The monoisotopic (exact) mass is 319 g/mol. The van der Waals surface area contributed by atoms with E-state index in [1.807, 2.05) is 30.3 Å². The lowest BCUT2D eigenvalue weighted by Crippen LogP contribution is -2.12. The molecule has 0 spiro atoms. The summed E-state index contributed by atoms with van der Waals surface area (Å²) in [5.41, 5.74) is 7.55. The highest BCUT2D eigenvalue weighted by molar-refractivity contribution is 7.80. The van der Waals surface area contributed by atoms with Crippen LogP contribution in [0.4, 0.5) is 0 Å². The molecule has 0 atom stereocenters. The van der Waals surface area contributed by atoms with Gasteiger partial charge in [-0.2, -0.15) is 0 Å². The average Bonchev–Trinajstić information content (AvgIpc) is 2.37. The molecule has 0 aliphatic carbocycles. The van der Waals surface area contributed by atoms with E-state index in [0.29, 0.717) is 16.3 Å². The third-order valence-corrected chi connectivity index (χ3v) is 3.67. The van der Waals surface area contributed by atoms with Crippen molar-refractivity contribution in [2.45, 2.75) is 26.2 Å². The lowest BCUT2D eigenvalue weighted by atomic mass is 9.87. The molecule has 0 radical (unpaired) electrons. The Kier molecular flexibility index (Phi) is 4.55. The summed E-state index contributed by atoms with van der Waals surface area (Å²) in [5.74, 6) is 1.31. The second-order valence-electron chi connectivity index (χ2n) is 5.86. The summed E-state index contributed by atoms with van der Waals surface area (Å²) >= 11 is 11.2. The van der Waals surface area contributed by atoms with E-state index >= 15 is 0 Å². The van der Waals surface area contributed by atoms with Crippen LogP contribution in [-0.2, 0) is 5.41 Å². The minimum Gasteiger partial charge on any atom is -0.457 e. The van der Waals surface area contributed by atoms with Crippen molar-refractivity contribution in [3.63, 3.8) is 0 Å². The minimum atomic E-state index is 0.0553. The van der Waals surface area contributed by atoms with Crippen LogP contribution < -0.4 is 10.5 Å². The van der Waals surface area contributed by atoms with Crippen LogP contribution in [0, 0.1) is 0 Å². The first kappa shape index (κ1) is 15.8. The zero-order chi connectivity index (χ0) is 15.6. The second kappa shape index (κ2) is 6.04. The molecule has 0 aromatic heterocycles. The standard InChI is InChI=1S/C17H18ClNOS/c1-17(2,3)11-6-4-7-12(10-11)20-14-9-5-8-13(18)15(14)16(19)21/h4-10H,1-3H3,(H2,19,21). The van der Waals surface area contributed by atoms with Crippen LogP contribution in [0.3, 0.4) is 0 Å². The van der Waals surface area contributed by atoms with Gasteiger partial charge in [0.1, 0.15) is 16.5 Å². The predicted octanol–water partition coefficient (Wildman–Crippen LogP) is 5.06. The molecule has 110 valence electrons. The third-order valence-electron chi connectivity index (χ3n) is 3.15. The largest absolute Gasteiger partial charge is 0.457 e. The van der Waals surface area contributed by atoms with Crippen molar-refractivity contribution in [1.29, 1.82) is 0 Å². The lowest BCUT2D eigenvalue weighted by molar-refractivity contribution is 0.477. The molecule has 2 N–H and O–H groups in total. The molecule has 2 nitrogen and oxygen atoms in total. The Morgan fingerprint density at radius 3 is 2.43 bits per heavy atom. The summed E-state index contributed by atoms with van der Waals surface area (Å²) in [7, 11) is 0. The molecular formula is C17H18ClNOS. The van der Waals surface area contributed by atoms with Gasteiger partial charge in [0.15, 0.2) is 0 Å². The molecule has 2 rings (SSSR count). The average molecular weight is 320 g/mol. The molecule has 4 heteroatoms. The normalized spacial score (nSPS) is 11.2. The summed E-state index contributed by atoms with van der Waals surface area (Å²) < 4.78 is 5.94. The zero-order valence-corrected chi connectivity index (χ0v) is 13.9. The molecule has 0 aliphatic rings. The lowest BCUT2D eigenvalue weighted by Gasteiger charge is -2.20. The summed E-state index contributed by atoms with van der Waals surface area (Å²) in [6.45, 7) is 6.48. The number of nitrogens with two attached hydrogens (primary N) is 1. The molecule has 21 heavy (non-hydrogen) atoms. The van der Waals surface area contributed by atoms with Crippen molar-refractivity contribution in [2.75, 3.05) is 0 Å². The molecule has 2 aromatic carbocycles. The maximum atomic E-state index is 6.15. The number of ether oxygens (including phenoxy) is 1. The fraction of sp³-hybridized carbons (Fsp3) is 0.235. The van der Waals surface area contributed by atoms with Gasteiger partial charge in [0, 0.05) is 0 Å². The van der Waals surface area contributed by atoms with Gasteiger partial charge in [-0.1, -0.05) is 62.8 Å². The molecule has 0 saturated heterocycles. The number of hydrogen-bond acceptors (Lipinski definition) is 2. The minimum absolute atomic E-state index is 0.0553. The van der Waals surface area contributed by atoms with Crippen LogP contribution in [0.1, 0.15) is 31.9 Å². The first-order valence-corrected chi connectivity index (χ1v) is 7.44. The molecule has 2 aromatic rings. The van der Waals surface area contributed by atoms with E-state index in [2.05, 4.69) is 26.8 Å². The van der Waals surface area contributed by atoms with Gasteiger partial charge in [-0.25, -0.2) is 0 Å². The van der Waals surface area contributed by atoms with Crippen molar-refractivity contribution in [1.82, 2.24) is 0 Å². The van der Waals surface area contributed by atoms with E-state index in [0.717, 1.165) is 5.75 Å². The number of hydrogen-bond donors (Lipinski definition) is 1. The number of thiocarbonyl (C=S) groups is 1. The quantitative estimate of drug-likeness (QED) is 0.803. The van der Waals surface area contributed by atoms with Crippen LogP contribution >= 0.6 is 23.8 Å². The van der Waals surface area contributed by atoms with Crippen LogP contribution in [-0.4, -0.2) is 4.99 Å². The Labute approximate surface area is 135 Å². The topological polar surface area (TPSA) is 35.2 Å². The first-order valence-electron chi connectivity index (χ1n) is 6.66. The molecule has 0 aliphatic heterocycles. The van der Waals surface area contributed by atoms with Crippen molar-refractivity contribution in [3.05, 3.63) is 58.6 Å². The van der Waals surface area contributed by atoms with E-state index in [4.69, 9.17) is 34.3 Å². The number of benzene rings is 2. The fourth-order valence-corrected chi connectivity index (χ4v) is 2.52. The Morgan fingerprint density at radius 1 is 1.14 bits per heavy atom. The fourth-order valence-electron chi connectivity index (χ4n) is 1.98. The Bertz CT molecular complexity index is 677. The third kappa shape index (κ3) is 3.74. The highest BCUT2D eigenvalue weighted by Gasteiger charge is 2.15. The maximum Gasteiger partial charge on any atom is 0.139 e. The van der Waals surface area contributed by atoms with E-state index < -0.39 is 0 Å². The molecule has 0 saturated carbocycles. The van der Waals surface area contributed by atoms with Crippen LogP contribution in [0.5, 0.6) is 11.5 Å². The molecular weight excluding hydrogens is 302 g/mol. The molecule has 0 fully saturated rings. The summed E-state index contributed by atoms with van der Waals surface area (Å²) in [6.07, 6.45) is 0. The second-order valence-corrected chi connectivity index (χ2v) is 6.70. The molecule has 0 unspecified atom stereocenters. The summed E-state index contributed by atoms with van der Waals surface area (Å²) in [4.78, 5) is 0.225. The Balaban J connectivity index is 2.40. The van der Waals surface area contributed by atoms with Gasteiger partial charge in [0.2, 0.25) is 0 Å². The van der Waals surface area contributed by atoms with Crippen LogP contribution in [0.15, 0.2) is 42.5 Å². The van der Waals surface area contributed by atoms with Crippen LogP contribution in [0.2, 0.25) is 5.02 Å². The Morgan fingerprint density at radius 2 is 1.81 bits per heavy atom. The van der Waals surface area contributed by atoms with Crippen LogP contribution in [0.25, 0.3) is 0 Å². The number of halogens is 1. The van der Waals surface area contributed by atoms with Gasteiger partial charge in [0.25, 0.3) is 0 Å². The summed E-state index contributed by atoms with van der Waals surface area (Å²) in [6, 6.07) is 13.3. The van der Waals surface area contributed by atoms with Gasteiger partial charge >= 0.3 is 0 Å². The first-order chi connectivity index (χ1) is 9.79. The highest BCUT2D eigenvalue weighted by Crippen LogP contribution is 2.32. The molecule has 0 heterocycles. The van der Waals surface area contributed by atoms with Gasteiger partial charge in [-0.05, 0) is 35.2 Å². The van der Waals surface area contributed by atoms with E-state index in [1.54, 1.807) is 6.07 Å². The Hall–Kier alpha value is -1.58. The van der Waals surface area contributed by atoms with E-state index in [1.165, 1.54) is 5.56 Å². The smallest absolute Gasteiger partial charge is 0.139 e. The van der Waals surface area contributed by atoms with Crippen molar-refractivity contribution < 1.29 is 4.74 Å². The SMILES string of the molecule is CC(C)(C)c1cccc(Oc2cccc(Cl)c2C(N)=S)c1.